The highest BCUT2D eigenvalue weighted by Crippen LogP contribution is 2.30. The highest BCUT2D eigenvalue weighted by atomic mass is 32.2. The fourth-order valence-electron chi connectivity index (χ4n) is 2.86. The quantitative estimate of drug-likeness (QED) is 0.793. The van der Waals surface area contributed by atoms with Crippen molar-refractivity contribution in [3.8, 4) is 0 Å². The van der Waals surface area contributed by atoms with E-state index in [1.807, 2.05) is 6.07 Å². The predicted octanol–water partition coefficient (Wildman–Crippen LogP) is 1.80. The normalized spacial score (nSPS) is 13.4. The van der Waals surface area contributed by atoms with Crippen molar-refractivity contribution in [3.05, 3.63) is 71.8 Å². The highest BCUT2D eigenvalue weighted by Gasteiger charge is 2.31. The van der Waals surface area contributed by atoms with Gasteiger partial charge in [-0.2, -0.15) is 0 Å². The van der Waals surface area contributed by atoms with E-state index >= 15 is 0 Å². The summed E-state index contributed by atoms with van der Waals surface area (Å²) >= 11 is 0. The Morgan fingerprint density at radius 3 is 2.48 bits per heavy atom. The average Bonchev–Trinajstić information content (AvgIpc) is 2.84. The predicted molar refractivity (Wildman–Crippen MR) is 103 cm³/mol. The van der Waals surface area contributed by atoms with E-state index in [-0.39, 0.29) is 24.9 Å². The van der Waals surface area contributed by atoms with Crippen molar-refractivity contribution in [2.75, 3.05) is 17.5 Å². The SMILES string of the molecule is C=C1c2ccccc2C(=O)N1CC(=O)NCc1cccc(NS(C)(=O)=O)c1. The topological polar surface area (TPSA) is 95.6 Å². The van der Waals surface area contributed by atoms with Crippen LogP contribution in [0.5, 0.6) is 0 Å². The summed E-state index contributed by atoms with van der Waals surface area (Å²) in [6.07, 6.45) is 1.07. The number of amides is 2. The van der Waals surface area contributed by atoms with Gasteiger partial charge < -0.3 is 5.32 Å². The van der Waals surface area contributed by atoms with Crippen LogP contribution in [-0.2, 0) is 21.4 Å². The van der Waals surface area contributed by atoms with Gasteiger partial charge in [-0.1, -0.05) is 36.9 Å². The molecular formula is C19H19N3O4S. The lowest BCUT2D eigenvalue weighted by Crippen LogP contribution is -2.36. The maximum Gasteiger partial charge on any atom is 0.259 e. The summed E-state index contributed by atoms with van der Waals surface area (Å²) in [5.74, 6) is -0.580. The van der Waals surface area contributed by atoms with Crippen molar-refractivity contribution < 1.29 is 18.0 Å². The Bertz CT molecular complexity index is 996. The van der Waals surface area contributed by atoms with Crippen molar-refractivity contribution in [1.29, 1.82) is 0 Å². The zero-order chi connectivity index (χ0) is 19.6. The second kappa shape index (κ2) is 7.24. The Labute approximate surface area is 157 Å². The molecular weight excluding hydrogens is 366 g/mol. The van der Waals surface area contributed by atoms with Crippen LogP contribution in [0.1, 0.15) is 21.5 Å². The van der Waals surface area contributed by atoms with Gasteiger partial charge in [0.25, 0.3) is 5.91 Å². The van der Waals surface area contributed by atoms with Crippen molar-refractivity contribution in [2.45, 2.75) is 6.54 Å². The van der Waals surface area contributed by atoms with Gasteiger partial charge in [0.15, 0.2) is 0 Å². The van der Waals surface area contributed by atoms with E-state index in [0.717, 1.165) is 17.4 Å². The Morgan fingerprint density at radius 1 is 1.11 bits per heavy atom. The summed E-state index contributed by atoms with van der Waals surface area (Å²) in [5.41, 5.74) is 2.92. The van der Waals surface area contributed by atoms with Crippen molar-refractivity contribution >= 4 is 33.2 Å². The van der Waals surface area contributed by atoms with E-state index in [1.54, 1.807) is 42.5 Å². The average molecular weight is 385 g/mol. The van der Waals surface area contributed by atoms with Gasteiger partial charge in [-0.25, -0.2) is 8.42 Å². The number of nitrogens with zero attached hydrogens (tertiary/aromatic N) is 1. The van der Waals surface area contributed by atoms with Gasteiger partial charge in [-0.15, -0.1) is 0 Å². The molecule has 0 fully saturated rings. The third-order valence-electron chi connectivity index (χ3n) is 4.06. The van der Waals surface area contributed by atoms with E-state index in [2.05, 4.69) is 16.6 Å². The maximum absolute atomic E-state index is 12.4. The van der Waals surface area contributed by atoms with E-state index in [0.29, 0.717) is 16.9 Å². The van der Waals surface area contributed by atoms with Crippen LogP contribution in [-0.4, -0.2) is 37.9 Å². The molecule has 27 heavy (non-hydrogen) atoms. The van der Waals surface area contributed by atoms with Crippen LogP contribution in [0.4, 0.5) is 5.69 Å². The zero-order valence-corrected chi connectivity index (χ0v) is 15.5. The van der Waals surface area contributed by atoms with Gasteiger partial charge in [0.1, 0.15) is 6.54 Å². The molecule has 7 nitrogen and oxygen atoms in total. The molecule has 0 aliphatic carbocycles. The first-order valence-electron chi connectivity index (χ1n) is 8.18. The molecule has 1 aliphatic rings. The Morgan fingerprint density at radius 2 is 1.81 bits per heavy atom. The number of carbonyl (C=O) groups is 2. The largest absolute Gasteiger partial charge is 0.350 e. The lowest BCUT2D eigenvalue weighted by Gasteiger charge is -2.17. The molecule has 2 aromatic rings. The Hall–Kier alpha value is -3.13. The van der Waals surface area contributed by atoms with Crippen LogP contribution >= 0.6 is 0 Å². The zero-order valence-electron chi connectivity index (χ0n) is 14.7. The van der Waals surface area contributed by atoms with Crippen molar-refractivity contribution in [3.63, 3.8) is 0 Å². The summed E-state index contributed by atoms with van der Waals surface area (Å²) in [6.45, 7) is 3.98. The minimum Gasteiger partial charge on any atom is -0.350 e. The first kappa shape index (κ1) is 18.7. The van der Waals surface area contributed by atoms with Gasteiger partial charge in [0.05, 0.1) is 6.26 Å². The second-order valence-corrected chi connectivity index (χ2v) is 7.98. The third-order valence-corrected chi connectivity index (χ3v) is 4.67. The van der Waals surface area contributed by atoms with Crippen molar-refractivity contribution in [2.24, 2.45) is 0 Å². The summed E-state index contributed by atoms with van der Waals surface area (Å²) < 4.78 is 25.0. The number of anilines is 1. The van der Waals surface area contributed by atoms with Crippen molar-refractivity contribution in [1.82, 2.24) is 10.2 Å². The van der Waals surface area contributed by atoms with Crippen LogP contribution in [0, 0.1) is 0 Å². The van der Waals surface area contributed by atoms with Crippen LogP contribution in [0.3, 0.4) is 0 Å². The Kier molecular flexibility index (Phi) is 5.00. The maximum atomic E-state index is 12.4. The summed E-state index contributed by atoms with van der Waals surface area (Å²) in [7, 11) is -3.37. The molecule has 2 aromatic carbocycles. The van der Waals surface area contributed by atoms with Gasteiger partial charge >= 0.3 is 0 Å². The number of nitrogens with one attached hydrogen (secondary N) is 2. The number of hydrogen-bond acceptors (Lipinski definition) is 4. The smallest absolute Gasteiger partial charge is 0.259 e. The minimum atomic E-state index is -3.37. The number of rotatable bonds is 6. The summed E-state index contributed by atoms with van der Waals surface area (Å²) in [5, 5.41) is 2.73. The van der Waals surface area contributed by atoms with Gasteiger partial charge in [0.2, 0.25) is 15.9 Å². The molecule has 1 heterocycles. The molecule has 1 aliphatic heterocycles. The fourth-order valence-corrected chi connectivity index (χ4v) is 3.42. The van der Waals surface area contributed by atoms with E-state index < -0.39 is 10.0 Å². The molecule has 0 aromatic heterocycles. The number of carbonyl (C=O) groups excluding carboxylic acids is 2. The molecule has 8 heteroatoms. The molecule has 0 saturated carbocycles. The molecule has 0 unspecified atom stereocenters. The first-order chi connectivity index (χ1) is 12.7. The Balaban J connectivity index is 1.60. The molecule has 2 N–H and O–H groups in total. The van der Waals surface area contributed by atoms with Crippen LogP contribution in [0.25, 0.3) is 5.70 Å². The van der Waals surface area contributed by atoms with E-state index in [4.69, 9.17) is 0 Å². The number of hydrogen-bond donors (Lipinski definition) is 2. The van der Waals surface area contributed by atoms with Crippen LogP contribution < -0.4 is 10.0 Å². The number of benzene rings is 2. The molecule has 0 atom stereocenters. The van der Waals surface area contributed by atoms with Gasteiger partial charge in [0, 0.05) is 29.1 Å². The molecule has 2 amide bonds. The van der Waals surface area contributed by atoms with Crippen LogP contribution in [0.2, 0.25) is 0 Å². The summed E-state index contributed by atoms with van der Waals surface area (Å²) in [6, 6.07) is 13.8. The first-order valence-corrected chi connectivity index (χ1v) is 10.1. The third kappa shape index (κ3) is 4.35. The molecule has 0 radical (unpaired) electrons. The fraction of sp³-hybridized carbons (Fsp3) is 0.158. The van der Waals surface area contributed by atoms with E-state index in [1.165, 1.54) is 4.90 Å². The lowest BCUT2D eigenvalue weighted by atomic mass is 10.1. The lowest BCUT2D eigenvalue weighted by molar-refractivity contribution is -0.121. The summed E-state index contributed by atoms with van der Waals surface area (Å²) in [4.78, 5) is 26.0. The highest BCUT2D eigenvalue weighted by molar-refractivity contribution is 7.92. The molecule has 0 spiro atoms. The monoisotopic (exact) mass is 385 g/mol. The molecule has 3 rings (SSSR count). The molecule has 0 saturated heterocycles. The molecule has 140 valence electrons. The number of fused-ring (bicyclic) bond motifs is 1. The standard InChI is InChI=1S/C19H19N3O4S/c1-13-16-8-3-4-9-17(16)19(24)22(13)12-18(23)20-11-14-6-5-7-15(10-14)21-27(2,25)26/h3-10,21H,1,11-12H2,2H3,(H,20,23). The van der Waals surface area contributed by atoms with Gasteiger partial charge in [-0.3, -0.25) is 19.2 Å². The number of sulfonamides is 1. The second-order valence-electron chi connectivity index (χ2n) is 6.23. The van der Waals surface area contributed by atoms with E-state index in [9.17, 15) is 18.0 Å². The minimum absolute atomic E-state index is 0.131. The van der Waals surface area contributed by atoms with Gasteiger partial charge in [-0.05, 0) is 23.8 Å². The van der Waals surface area contributed by atoms with Crippen LogP contribution in [0.15, 0.2) is 55.1 Å². The molecule has 0 bridgehead atoms.